The molecule has 2 amide bonds. The molecule has 2 aromatic rings. The van der Waals surface area contributed by atoms with Gasteiger partial charge in [0.15, 0.2) is 0 Å². The first-order chi connectivity index (χ1) is 13.8. The van der Waals surface area contributed by atoms with Crippen LogP contribution in [0.2, 0.25) is 0 Å². The second-order valence-electron chi connectivity index (χ2n) is 7.27. The largest absolute Gasteiger partial charge is 0.381 e. The predicted molar refractivity (Wildman–Crippen MR) is 119 cm³/mol. The minimum absolute atomic E-state index is 0.0597. The standard InChI is InChI=1S/C22H26N2O2S2/c25-21(24-19-8-4-5-17(15-19)20-27-13-14-28-20)23-16-22(9-11-26-12-10-22)18-6-2-1-3-7-18/h1-8,15,20H,9-14,16H2,(H2,23,24,25). The lowest BCUT2D eigenvalue weighted by Gasteiger charge is -2.38. The molecule has 0 bridgehead atoms. The molecule has 2 saturated heterocycles. The fourth-order valence-electron chi connectivity index (χ4n) is 3.86. The van der Waals surface area contributed by atoms with Gasteiger partial charge in [-0.25, -0.2) is 4.79 Å². The highest BCUT2D eigenvalue weighted by molar-refractivity contribution is 8.19. The van der Waals surface area contributed by atoms with E-state index in [1.54, 1.807) is 0 Å². The van der Waals surface area contributed by atoms with Crippen LogP contribution in [0.5, 0.6) is 0 Å². The third kappa shape index (κ3) is 4.67. The van der Waals surface area contributed by atoms with Crippen molar-refractivity contribution in [1.29, 1.82) is 0 Å². The van der Waals surface area contributed by atoms with E-state index in [1.165, 1.54) is 22.6 Å². The summed E-state index contributed by atoms with van der Waals surface area (Å²) in [7, 11) is 0. The van der Waals surface area contributed by atoms with E-state index in [4.69, 9.17) is 4.74 Å². The first-order valence-corrected chi connectivity index (χ1v) is 11.9. The first-order valence-electron chi connectivity index (χ1n) is 9.77. The number of carbonyl (C=O) groups excluding carboxylic acids is 1. The highest BCUT2D eigenvalue weighted by atomic mass is 32.2. The van der Waals surface area contributed by atoms with Gasteiger partial charge in [0, 0.05) is 42.4 Å². The highest BCUT2D eigenvalue weighted by Crippen LogP contribution is 2.45. The van der Waals surface area contributed by atoms with Crippen LogP contribution < -0.4 is 10.6 Å². The maximum absolute atomic E-state index is 12.6. The molecule has 28 heavy (non-hydrogen) atoms. The van der Waals surface area contributed by atoms with Gasteiger partial charge < -0.3 is 15.4 Å². The van der Waals surface area contributed by atoms with E-state index in [0.717, 1.165) is 31.7 Å². The number of hydrogen-bond acceptors (Lipinski definition) is 4. The number of nitrogens with one attached hydrogen (secondary N) is 2. The van der Waals surface area contributed by atoms with Crippen molar-refractivity contribution in [1.82, 2.24) is 5.32 Å². The average molecular weight is 415 g/mol. The molecule has 0 unspecified atom stereocenters. The second kappa shape index (κ2) is 9.25. The molecule has 2 aliphatic heterocycles. The fraction of sp³-hybridized carbons (Fsp3) is 0.409. The van der Waals surface area contributed by atoms with Crippen LogP contribution in [0.25, 0.3) is 0 Å². The minimum Gasteiger partial charge on any atom is -0.381 e. The normalized spacial score (nSPS) is 19.3. The number of thioether (sulfide) groups is 2. The average Bonchev–Trinajstić information content (AvgIpc) is 3.29. The van der Waals surface area contributed by atoms with Crippen LogP contribution in [0.3, 0.4) is 0 Å². The topological polar surface area (TPSA) is 50.4 Å². The van der Waals surface area contributed by atoms with Gasteiger partial charge in [-0.3, -0.25) is 0 Å². The van der Waals surface area contributed by atoms with Crippen LogP contribution in [-0.2, 0) is 10.2 Å². The molecule has 4 nitrogen and oxygen atoms in total. The summed E-state index contributed by atoms with van der Waals surface area (Å²) in [6, 6.07) is 18.5. The van der Waals surface area contributed by atoms with Crippen molar-refractivity contribution in [3.63, 3.8) is 0 Å². The van der Waals surface area contributed by atoms with E-state index >= 15 is 0 Å². The maximum Gasteiger partial charge on any atom is 0.319 e. The van der Waals surface area contributed by atoms with Gasteiger partial charge in [-0.1, -0.05) is 42.5 Å². The van der Waals surface area contributed by atoms with E-state index in [9.17, 15) is 4.79 Å². The van der Waals surface area contributed by atoms with Crippen LogP contribution >= 0.6 is 23.5 Å². The molecule has 148 valence electrons. The van der Waals surface area contributed by atoms with Gasteiger partial charge in [0.05, 0.1) is 4.58 Å². The number of carbonyl (C=O) groups is 1. The summed E-state index contributed by atoms with van der Waals surface area (Å²) < 4.78 is 6.06. The van der Waals surface area contributed by atoms with Crippen molar-refractivity contribution in [3.8, 4) is 0 Å². The maximum atomic E-state index is 12.6. The van der Waals surface area contributed by atoms with E-state index in [2.05, 4.69) is 47.0 Å². The third-order valence-corrected chi connectivity index (χ3v) is 8.57. The molecule has 0 atom stereocenters. The molecule has 0 saturated carbocycles. The lowest BCUT2D eigenvalue weighted by Crippen LogP contribution is -2.45. The monoisotopic (exact) mass is 414 g/mol. The lowest BCUT2D eigenvalue weighted by molar-refractivity contribution is 0.0508. The summed E-state index contributed by atoms with van der Waals surface area (Å²) >= 11 is 3.94. The number of rotatable bonds is 5. The first kappa shape index (κ1) is 19.7. The number of anilines is 1. The Morgan fingerprint density at radius 2 is 1.79 bits per heavy atom. The minimum atomic E-state index is -0.148. The third-order valence-electron chi connectivity index (χ3n) is 5.46. The summed E-state index contributed by atoms with van der Waals surface area (Å²) in [5.41, 5.74) is 3.34. The molecule has 2 N–H and O–H groups in total. The molecular weight excluding hydrogens is 388 g/mol. The Kier molecular flexibility index (Phi) is 6.50. The molecule has 4 rings (SSSR count). The lowest BCUT2D eigenvalue weighted by atomic mass is 9.74. The van der Waals surface area contributed by atoms with Gasteiger partial charge in [-0.15, -0.1) is 23.5 Å². The van der Waals surface area contributed by atoms with Crippen molar-refractivity contribution >= 4 is 35.2 Å². The Labute approximate surface area is 175 Å². The van der Waals surface area contributed by atoms with Crippen molar-refractivity contribution in [2.75, 3.05) is 36.6 Å². The molecular formula is C22H26N2O2S2. The SMILES string of the molecule is O=C(NCC1(c2ccccc2)CCOCC1)Nc1cccc(C2SCCS2)c1. The number of benzene rings is 2. The molecule has 2 heterocycles. The van der Waals surface area contributed by atoms with E-state index in [0.29, 0.717) is 11.1 Å². The molecule has 0 radical (unpaired) electrons. The van der Waals surface area contributed by atoms with Gasteiger partial charge in [-0.2, -0.15) is 0 Å². The molecule has 0 spiro atoms. The molecule has 2 aromatic carbocycles. The van der Waals surface area contributed by atoms with Crippen molar-refractivity contribution in [2.45, 2.75) is 22.8 Å². The summed E-state index contributed by atoms with van der Waals surface area (Å²) in [6.07, 6.45) is 1.84. The zero-order valence-electron chi connectivity index (χ0n) is 15.9. The Morgan fingerprint density at radius 3 is 2.54 bits per heavy atom. The van der Waals surface area contributed by atoms with E-state index in [-0.39, 0.29) is 11.4 Å². The summed E-state index contributed by atoms with van der Waals surface area (Å²) in [5, 5.41) is 6.13. The molecule has 2 fully saturated rings. The number of amides is 2. The molecule has 6 heteroatoms. The summed E-state index contributed by atoms with van der Waals surface area (Å²) in [5.74, 6) is 2.39. The van der Waals surface area contributed by atoms with Crippen LogP contribution in [0.1, 0.15) is 28.6 Å². The Hall–Kier alpha value is -1.63. The quantitative estimate of drug-likeness (QED) is 0.720. The van der Waals surface area contributed by atoms with Crippen molar-refractivity contribution in [3.05, 3.63) is 65.7 Å². The van der Waals surface area contributed by atoms with Gasteiger partial charge in [-0.05, 0) is 36.1 Å². The highest BCUT2D eigenvalue weighted by Gasteiger charge is 2.34. The fourth-order valence-corrected chi connectivity index (χ4v) is 6.70. The van der Waals surface area contributed by atoms with E-state index in [1.807, 2.05) is 41.7 Å². The van der Waals surface area contributed by atoms with Gasteiger partial charge in [0.25, 0.3) is 0 Å². The Morgan fingerprint density at radius 1 is 1.04 bits per heavy atom. The zero-order valence-corrected chi connectivity index (χ0v) is 17.5. The van der Waals surface area contributed by atoms with Gasteiger partial charge in [0.2, 0.25) is 0 Å². The Balaban J connectivity index is 1.40. The van der Waals surface area contributed by atoms with E-state index < -0.39 is 0 Å². The smallest absolute Gasteiger partial charge is 0.319 e. The Bertz CT molecular complexity index is 788. The van der Waals surface area contributed by atoms with Gasteiger partial charge >= 0.3 is 6.03 Å². The van der Waals surface area contributed by atoms with Crippen LogP contribution in [-0.4, -0.2) is 37.3 Å². The predicted octanol–water partition coefficient (Wildman–Crippen LogP) is 5.04. The number of ether oxygens (including phenoxy) is 1. The molecule has 2 aliphatic rings. The van der Waals surface area contributed by atoms with Gasteiger partial charge in [0.1, 0.15) is 0 Å². The second-order valence-corrected chi connectivity index (χ2v) is 9.99. The summed E-state index contributed by atoms with van der Waals surface area (Å²) in [4.78, 5) is 12.6. The number of urea groups is 1. The van der Waals surface area contributed by atoms with Crippen LogP contribution in [0, 0.1) is 0 Å². The van der Waals surface area contributed by atoms with Crippen molar-refractivity contribution < 1.29 is 9.53 Å². The van der Waals surface area contributed by atoms with Crippen LogP contribution in [0.4, 0.5) is 10.5 Å². The van der Waals surface area contributed by atoms with Crippen LogP contribution in [0.15, 0.2) is 54.6 Å². The molecule has 0 aromatic heterocycles. The number of hydrogen-bond donors (Lipinski definition) is 2. The molecule has 0 aliphatic carbocycles. The summed E-state index contributed by atoms with van der Waals surface area (Å²) in [6.45, 7) is 2.08. The van der Waals surface area contributed by atoms with Crippen molar-refractivity contribution in [2.24, 2.45) is 0 Å². The zero-order chi connectivity index (χ0) is 19.2.